The third kappa shape index (κ3) is 3.20. The molecule has 11 heavy (non-hydrogen) atoms. The number of nitrogens with one attached hydrogen (secondary N) is 1. The highest BCUT2D eigenvalue weighted by atomic mass is 16.3. The van der Waals surface area contributed by atoms with Crippen molar-refractivity contribution in [2.24, 2.45) is 0 Å². The zero-order valence-corrected chi connectivity index (χ0v) is 6.25. The molecule has 0 unspecified atom stereocenters. The van der Waals surface area contributed by atoms with Crippen molar-refractivity contribution in [1.29, 1.82) is 5.41 Å². The highest BCUT2D eigenvalue weighted by molar-refractivity contribution is 5.47. The van der Waals surface area contributed by atoms with Gasteiger partial charge in [0.1, 0.15) is 5.75 Å². The Labute approximate surface area is 66.3 Å². The summed E-state index contributed by atoms with van der Waals surface area (Å²) in [6.45, 7) is 6.08. The minimum absolute atomic E-state index is 0.292. The molecule has 0 saturated carbocycles. The van der Waals surface area contributed by atoms with Crippen LogP contribution in [0.3, 0.4) is 0 Å². The number of benzene rings is 1. The number of aromatic hydroxyl groups is 1. The summed E-state index contributed by atoms with van der Waals surface area (Å²) < 4.78 is 0. The smallest absolute Gasteiger partial charge is 0.115 e. The molecule has 0 aliphatic heterocycles. The molecule has 2 N–H and O–H groups in total. The maximum atomic E-state index is 8.82. The first-order valence-corrected chi connectivity index (χ1v) is 3.10. The van der Waals surface area contributed by atoms with Gasteiger partial charge in [-0.05, 0) is 24.4 Å². The second-order valence-corrected chi connectivity index (χ2v) is 1.80. The van der Waals surface area contributed by atoms with Crippen LogP contribution in [0.2, 0.25) is 0 Å². The molecule has 0 aromatic heterocycles. The molecule has 0 amide bonds. The van der Waals surface area contributed by atoms with Crippen LogP contribution in [0, 0.1) is 5.41 Å². The van der Waals surface area contributed by atoms with Crippen LogP contribution in [0.25, 0.3) is 6.08 Å². The van der Waals surface area contributed by atoms with Gasteiger partial charge in [-0.1, -0.05) is 24.8 Å². The summed E-state index contributed by atoms with van der Waals surface area (Å²) >= 11 is 0. The molecule has 2 heteroatoms. The van der Waals surface area contributed by atoms with E-state index in [-0.39, 0.29) is 0 Å². The van der Waals surface area contributed by atoms with Crippen LogP contribution in [-0.4, -0.2) is 11.8 Å². The lowest BCUT2D eigenvalue weighted by Crippen LogP contribution is -1.67. The lowest BCUT2D eigenvalue weighted by Gasteiger charge is -1.90. The van der Waals surface area contributed by atoms with E-state index < -0.39 is 0 Å². The molecule has 0 fully saturated rings. The third-order valence-electron chi connectivity index (χ3n) is 1.13. The fraction of sp³-hybridized carbons (Fsp3) is 0. The summed E-state index contributed by atoms with van der Waals surface area (Å²) in [6.07, 6.45) is 1.74. The van der Waals surface area contributed by atoms with Gasteiger partial charge >= 0.3 is 0 Å². The van der Waals surface area contributed by atoms with E-state index in [0.717, 1.165) is 5.56 Å². The van der Waals surface area contributed by atoms with Gasteiger partial charge in [-0.25, -0.2) is 0 Å². The summed E-state index contributed by atoms with van der Waals surface area (Å²) in [7, 11) is 0. The van der Waals surface area contributed by atoms with E-state index in [0.29, 0.717) is 5.75 Å². The van der Waals surface area contributed by atoms with E-state index in [1.165, 1.54) is 0 Å². The molecule has 0 saturated heterocycles. The van der Waals surface area contributed by atoms with Crippen molar-refractivity contribution in [3.8, 4) is 5.75 Å². The average molecular weight is 149 g/mol. The van der Waals surface area contributed by atoms with Gasteiger partial charge in [-0.15, -0.1) is 0 Å². The van der Waals surface area contributed by atoms with Crippen LogP contribution in [0.1, 0.15) is 5.56 Å². The fourth-order valence-electron chi connectivity index (χ4n) is 0.610. The summed E-state index contributed by atoms with van der Waals surface area (Å²) in [6, 6.07) is 6.89. The maximum Gasteiger partial charge on any atom is 0.115 e. The summed E-state index contributed by atoms with van der Waals surface area (Å²) in [5, 5.41) is 14.3. The Morgan fingerprint density at radius 3 is 2.00 bits per heavy atom. The molecule has 1 aromatic carbocycles. The van der Waals surface area contributed by atoms with Gasteiger partial charge in [0.05, 0.1) is 0 Å². The normalized spacial score (nSPS) is 7.64. The van der Waals surface area contributed by atoms with Gasteiger partial charge < -0.3 is 10.5 Å². The topological polar surface area (TPSA) is 44.1 Å². The molecule has 0 bridgehead atoms. The number of phenolic OH excluding ortho intramolecular Hbond substituents is 1. The van der Waals surface area contributed by atoms with Crippen molar-refractivity contribution in [3.63, 3.8) is 0 Å². The van der Waals surface area contributed by atoms with Crippen molar-refractivity contribution in [2.45, 2.75) is 0 Å². The Kier molecular flexibility index (Phi) is 4.49. The van der Waals surface area contributed by atoms with Crippen LogP contribution in [0.5, 0.6) is 5.75 Å². The molecular formula is C9H11NO. The average Bonchev–Trinajstić information content (AvgIpc) is 2.10. The SMILES string of the molecule is C=Cc1ccc(O)cc1.C=N. The van der Waals surface area contributed by atoms with E-state index in [9.17, 15) is 0 Å². The molecule has 0 atom stereocenters. The zero-order valence-electron chi connectivity index (χ0n) is 6.25. The molecule has 0 heterocycles. The van der Waals surface area contributed by atoms with E-state index in [4.69, 9.17) is 10.5 Å². The monoisotopic (exact) mass is 149 g/mol. The fourth-order valence-corrected chi connectivity index (χ4v) is 0.610. The van der Waals surface area contributed by atoms with Crippen molar-refractivity contribution in [1.82, 2.24) is 0 Å². The standard InChI is InChI=1S/C8H8O.CH3N/c1-2-7-3-5-8(9)6-4-7;1-2/h2-6,9H,1H2;2H,1H2. The zero-order chi connectivity index (χ0) is 8.69. The quantitative estimate of drug-likeness (QED) is 0.591. The second kappa shape index (κ2) is 5.23. The first-order valence-electron chi connectivity index (χ1n) is 3.10. The highest BCUT2D eigenvalue weighted by Gasteiger charge is 1.84. The Balaban J connectivity index is 0.000000461. The minimum Gasteiger partial charge on any atom is -0.508 e. The van der Waals surface area contributed by atoms with Crippen molar-refractivity contribution >= 4 is 12.8 Å². The molecule has 58 valence electrons. The molecule has 1 rings (SSSR count). The van der Waals surface area contributed by atoms with Gasteiger partial charge in [0, 0.05) is 0 Å². The van der Waals surface area contributed by atoms with E-state index >= 15 is 0 Å². The molecule has 2 nitrogen and oxygen atoms in total. The Hall–Kier alpha value is -1.57. The third-order valence-corrected chi connectivity index (χ3v) is 1.13. The van der Waals surface area contributed by atoms with Crippen LogP contribution in [0.15, 0.2) is 30.8 Å². The highest BCUT2D eigenvalue weighted by Crippen LogP contribution is 2.09. The van der Waals surface area contributed by atoms with E-state index in [1.54, 1.807) is 18.2 Å². The van der Waals surface area contributed by atoms with Crippen molar-refractivity contribution in [3.05, 3.63) is 36.4 Å². The lowest BCUT2D eigenvalue weighted by atomic mass is 10.2. The van der Waals surface area contributed by atoms with Gasteiger partial charge in [-0.3, -0.25) is 0 Å². The first-order chi connectivity index (χ1) is 5.33. The summed E-state index contributed by atoms with van der Waals surface area (Å²) in [4.78, 5) is 0. The Bertz CT molecular complexity index is 216. The maximum absolute atomic E-state index is 8.82. The molecule has 0 spiro atoms. The van der Waals surface area contributed by atoms with Gasteiger partial charge in [0.15, 0.2) is 0 Å². The van der Waals surface area contributed by atoms with Crippen molar-refractivity contribution in [2.75, 3.05) is 0 Å². The Morgan fingerprint density at radius 1 is 1.18 bits per heavy atom. The largest absolute Gasteiger partial charge is 0.508 e. The van der Waals surface area contributed by atoms with Crippen LogP contribution >= 0.6 is 0 Å². The second-order valence-electron chi connectivity index (χ2n) is 1.80. The summed E-state index contributed by atoms with van der Waals surface area (Å²) in [5.74, 6) is 0.292. The molecule has 1 aromatic rings. The molecule has 0 aliphatic carbocycles. The molecular weight excluding hydrogens is 138 g/mol. The first kappa shape index (κ1) is 9.43. The van der Waals surface area contributed by atoms with Gasteiger partial charge in [0.2, 0.25) is 0 Å². The van der Waals surface area contributed by atoms with Crippen molar-refractivity contribution < 1.29 is 5.11 Å². The summed E-state index contributed by atoms with van der Waals surface area (Å²) in [5.41, 5.74) is 1.02. The van der Waals surface area contributed by atoms with Crippen LogP contribution in [-0.2, 0) is 0 Å². The minimum atomic E-state index is 0.292. The molecule has 0 radical (unpaired) electrons. The number of phenols is 1. The van der Waals surface area contributed by atoms with Gasteiger partial charge in [0.25, 0.3) is 0 Å². The predicted molar refractivity (Wildman–Crippen MR) is 48.0 cm³/mol. The van der Waals surface area contributed by atoms with Gasteiger partial charge in [-0.2, -0.15) is 0 Å². The van der Waals surface area contributed by atoms with Crippen LogP contribution in [0.4, 0.5) is 0 Å². The van der Waals surface area contributed by atoms with Crippen LogP contribution < -0.4 is 0 Å². The predicted octanol–water partition coefficient (Wildman–Crippen LogP) is 2.30. The number of rotatable bonds is 1. The van der Waals surface area contributed by atoms with E-state index in [2.05, 4.69) is 13.3 Å². The molecule has 0 aliphatic rings. The number of hydrogen-bond donors (Lipinski definition) is 2. The Morgan fingerprint density at radius 2 is 1.64 bits per heavy atom. The van der Waals surface area contributed by atoms with E-state index in [1.807, 2.05) is 12.1 Å². The number of hydrogen-bond acceptors (Lipinski definition) is 2. The lowest BCUT2D eigenvalue weighted by molar-refractivity contribution is 0.475.